The van der Waals surface area contributed by atoms with E-state index in [9.17, 15) is 22.4 Å². The van der Waals surface area contributed by atoms with Crippen molar-refractivity contribution in [2.75, 3.05) is 5.73 Å². The van der Waals surface area contributed by atoms with Gasteiger partial charge in [-0.2, -0.15) is 18.3 Å². The van der Waals surface area contributed by atoms with E-state index >= 15 is 0 Å². The van der Waals surface area contributed by atoms with Crippen LogP contribution in [0.15, 0.2) is 30.5 Å². The molecular weight excluding hydrogens is 454 g/mol. The quantitative estimate of drug-likeness (QED) is 0.521. The molecule has 0 radical (unpaired) electrons. The lowest BCUT2D eigenvalue weighted by Crippen LogP contribution is -2.30. The molecule has 12 heteroatoms. The van der Waals surface area contributed by atoms with Crippen molar-refractivity contribution in [3.05, 3.63) is 52.6 Å². The molecule has 1 aromatic carbocycles. The average molecular weight is 472 g/mol. The van der Waals surface area contributed by atoms with Gasteiger partial charge >= 0.3 is 6.18 Å². The zero-order valence-electron chi connectivity index (χ0n) is 17.1. The molecule has 0 aliphatic heterocycles. The summed E-state index contributed by atoms with van der Waals surface area (Å²) in [6.07, 6.45) is -3.62. The van der Waals surface area contributed by atoms with Crippen LogP contribution in [-0.2, 0) is 11.7 Å². The summed E-state index contributed by atoms with van der Waals surface area (Å²) in [5.41, 5.74) is 7.02. The fraction of sp³-hybridized carbons (Fsp3) is 0.250. The molecule has 0 fully saturated rings. The van der Waals surface area contributed by atoms with Gasteiger partial charge in [0.05, 0.1) is 11.1 Å². The summed E-state index contributed by atoms with van der Waals surface area (Å²) in [6, 6.07) is 4.65. The molecule has 3 rings (SSSR count). The summed E-state index contributed by atoms with van der Waals surface area (Å²) in [7, 11) is 0. The molecule has 32 heavy (non-hydrogen) atoms. The number of carbonyl (C=O) groups excluding carboxylic acids is 1. The second-order valence-corrected chi connectivity index (χ2v) is 8.15. The summed E-state index contributed by atoms with van der Waals surface area (Å²) >= 11 is 5.98. The number of benzene rings is 1. The molecule has 0 spiro atoms. The van der Waals surface area contributed by atoms with Crippen LogP contribution in [0.1, 0.15) is 36.8 Å². The van der Waals surface area contributed by atoms with Crippen LogP contribution in [0.3, 0.4) is 0 Å². The number of alkyl halides is 3. The first kappa shape index (κ1) is 23.3. The fourth-order valence-corrected chi connectivity index (χ4v) is 3.12. The Labute approximate surface area is 184 Å². The molecular formula is C20H18ClF4N5O2. The smallest absolute Gasteiger partial charge is 0.433 e. The van der Waals surface area contributed by atoms with E-state index in [2.05, 4.69) is 10.1 Å². The monoisotopic (exact) mass is 471 g/mol. The van der Waals surface area contributed by atoms with Gasteiger partial charge < -0.3 is 16.2 Å². The van der Waals surface area contributed by atoms with Gasteiger partial charge in [0, 0.05) is 17.8 Å². The topological polar surface area (TPSA) is 109 Å². The summed E-state index contributed by atoms with van der Waals surface area (Å²) in [4.78, 5) is 15.7. The van der Waals surface area contributed by atoms with Crippen LogP contribution in [0, 0.1) is 5.82 Å². The van der Waals surface area contributed by atoms with Crippen molar-refractivity contribution in [2.24, 2.45) is 5.73 Å². The minimum Gasteiger partial charge on any atom is -0.453 e. The van der Waals surface area contributed by atoms with E-state index in [-0.39, 0.29) is 27.9 Å². The lowest BCUT2D eigenvalue weighted by Gasteiger charge is -2.23. The molecule has 3 aromatic rings. The Morgan fingerprint density at radius 2 is 1.81 bits per heavy atom. The number of aromatic nitrogens is 3. The highest BCUT2D eigenvalue weighted by atomic mass is 35.5. The Hall–Kier alpha value is -3.34. The van der Waals surface area contributed by atoms with Gasteiger partial charge in [0.15, 0.2) is 23.0 Å². The van der Waals surface area contributed by atoms with Gasteiger partial charge in [-0.1, -0.05) is 11.6 Å². The van der Waals surface area contributed by atoms with Gasteiger partial charge in [-0.25, -0.2) is 9.37 Å². The molecule has 4 N–H and O–H groups in total. The fourth-order valence-electron chi connectivity index (χ4n) is 2.97. The number of ether oxygens (including phenoxy) is 1. The lowest BCUT2D eigenvalue weighted by molar-refractivity contribution is -0.146. The van der Waals surface area contributed by atoms with E-state index in [0.29, 0.717) is 4.68 Å². The zero-order chi connectivity index (χ0) is 24.0. The van der Waals surface area contributed by atoms with Gasteiger partial charge in [-0.3, -0.25) is 9.48 Å². The minimum absolute atomic E-state index is 0.0278. The standard InChI is InChI=1S/C20H18ClF4N5O2/c1-19(2,3)30-16(20(23,24)25)13(18(27)31)15(29-30)9-4-5-11(10(22)8-9)32-12-6-7-28-17(26)14(12)21/h4-8H,1-3H3,(H2,26,28)(H2,27,31). The first-order valence-corrected chi connectivity index (χ1v) is 9.48. The average Bonchev–Trinajstić information content (AvgIpc) is 3.09. The van der Waals surface area contributed by atoms with E-state index in [1.807, 2.05) is 0 Å². The predicted molar refractivity (Wildman–Crippen MR) is 110 cm³/mol. The highest BCUT2D eigenvalue weighted by molar-refractivity contribution is 6.34. The predicted octanol–water partition coefficient (Wildman–Crippen LogP) is 4.98. The van der Waals surface area contributed by atoms with Crippen molar-refractivity contribution in [2.45, 2.75) is 32.5 Å². The number of nitrogens with zero attached hydrogens (tertiary/aromatic N) is 3. The van der Waals surface area contributed by atoms with E-state index in [1.165, 1.54) is 39.1 Å². The van der Waals surface area contributed by atoms with Crippen LogP contribution in [0.4, 0.5) is 23.4 Å². The lowest BCUT2D eigenvalue weighted by atomic mass is 10.0. The van der Waals surface area contributed by atoms with Crippen molar-refractivity contribution in [3.63, 3.8) is 0 Å². The Bertz CT molecular complexity index is 1200. The molecule has 0 unspecified atom stereocenters. The number of nitrogen functional groups attached to an aromatic ring is 1. The van der Waals surface area contributed by atoms with Crippen LogP contribution in [-0.4, -0.2) is 20.7 Å². The second kappa shape index (κ2) is 7.97. The number of hydrogen-bond donors (Lipinski definition) is 2. The Kier molecular flexibility index (Phi) is 5.81. The summed E-state index contributed by atoms with van der Waals surface area (Å²) in [6.45, 7) is 4.43. The molecule has 0 bridgehead atoms. The first-order chi connectivity index (χ1) is 14.7. The van der Waals surface area contributed by atoms with Crippen molar-refractivity contribution < 1.29 is 27.1 Å². The number of carbonyl (C=O) groups is 1. The van der Waals surface area contributed by atoms with Crippen LogP contribution in [0.2, 0.25) is 5.02 Å². The largest absolute Gasteiger partial charge is 0.453 e. The normalized spacial score (nSPS) is 12.1. The van der Waals surface area contributed by atoms with Crippen molar-refractivity contribution in [1.82, 2.24) is 14.8 Å². The highest BCUT2D eigenvalue weighted by Gasteiger charge is 2.44. The molecule has 0 saturated carbocycles. The zero-order valence-corrected chi connectivity index (χ0v) is 17.8. The van der Waals surface area contributed by atoms with Gasteiger partial charge in [0.2, 0.25) is 0 Å². The number of pyridine rings is 1. The van der Waals surface area contributed by atoms with Crippen molar-refractivity contribution >= 4 is 23.3 Å². The molecule has 1 amide bonds. The number of halogens is 5. The number of amides is 1. The van der Waals surface area contributed by atoms with Gasteiger partial charge in [0.25, 0.3) is 5.91 Å². The van der Waals surface area contributed by atoms with Crippen LogP contribution in [0.25, 0.3) is 11.3 Å². The highest BCUT2D eigenvalue weighted by Crippen LogP contribution is 2.40. The number of nitrogens with two attached hydrogens (primary N) is 2. The second-order valence-electron chi connectivity index (χ2n) is 7.77. The number of primary amides is 1. The molecule has 0 atom stereocenters. The maximum Gasteiger partial charge on any atom is 0.433 e. The third-order valence-electron chi connectivity index (χ3n) is 4.34. The molecule has 0 aliphatic carbocycles. The number of rotatable bonds is 4. The number of hydrogen-bond acceptors (Lipinski definition) is 5. The van der Waals surface area contributed by atoms with E-state index < -0.39 is 40.4 Å². The van der Waals surface area contributed by atoms with Crippen molar-refractivity contribution in [3.8, 4) is 22.8 Å². The van der Waals surface area contributed by atoms with Crippen molar-refractivity contribution in [1.29, 1.82) is 0 Å². The van der Waals surface area contributed by atoms with Gasteiger partial charge in [-0.05, 0) is 39.0 Å². The van der Waals surface area contributed by atoms with E-state index in [4.69, 9.17) is 27.8 Å². The third kappa shape index (κ3) is 4.33. The molecule has 0 aliphatic rings. The van der Waals surface area contributed by atoms with Crippen LogP contribution < -0.4 is 16.2 Å². The summed E-state index contributed by atoms with van der Waals surface area (Å²) < 4.78 is 62.2. The first-order valence-electron chi connectivity index (χ1n) is 9.10. The molecule has 2 heterocycles. The maximum atomic E-state index is 14.8. The Balaban J connectivity index is 2.14. The Morgan fingerprint density at radius 1 is 1.16 bits per heavy atom. The van der Waals surface area contributed by atoms with Crippen LogP contribution in [0.5, 0.6) is 11.5 Å². The van der Waals surface area contributed by atoms with E-state index in [0.717, 1.165) is 12.1 Å². The third-order valence-corrected chi connectivity index (χ3v) is 4.72. The minimum atomic E-state index is -4.93. The molecule has 7 nitrogen and oxygen atoms in total. The summed E-state index contributed by atoms with van der Waals surface area (Å²) in [5.74, 6) is -2.57. The Morgan fingerprint density at radius 3 is 2.34 bits per heavy atom. The van der Waals surface area contributed by atoms with Gasteiger partial charge in [0.1, 0.15) is 16.5 Å². The SMILES string of the molecule is CC(C)(C)n1nc(-c2ccc(Oc3ccnc(N)c3Cl)c(F)c2)c(C(N)=O)c1C(F)(F)F. The maximum absolute atomic E-state index is 14.8. The summed E-state index contributed by atoms with van der Waals surface area (Å²) in [5, 5.41) is 3.93. The van der Waals surface area contributed by atoms with Gasteiger partial charge in [-0.15, -0.1) is 0 Å². The van der Waals surface area contributed by atoms with Crippen LogP contribution >= 0.6 is 11.6 Å². The molecule has 170 valence electrons. The molecule has 2 aromatic heterocycles. The number of anilines is 1. The molecule has 0 saturated heterocycles. The van der Waals surface area contributed by atoms with E-state index in [1.54, 1.807) is 0 Å².